The second kappa shape index (κ2) is 7.27. The Kier molecular flexibility index (Phi) is 5.55. The predicted octanol–water partition coefficient (Wildman–Crippen LogP) is 3.15. The lowest BCUT2D eigenvalue weighted by Gasteiger charge is -2.10. The van der Waals surface area contributed by atoms with Crippen LogP contribution in [0, 0.1) is 11.6 Å². The number of carbonyl (C=O) groups excluding carboxylic acids is 1. The first-order chi connectivity index (χ1) is 11.2. The van der Waals surface area contributed by atoms with E-state index in [0.717, 1.165) is 12.3 Å². The molecule has 0 atom stereocenters. The monoisotopic (exact) mass is 419 g/mol. The van der Waals surface area contributed by atoms with E-state index in [2.05, 4.69) is 21.2 Å². The molecule has 2 aromatic rings. The number of ether oxygens (including phenoxy) is 1. The number of sulfone groups is 1. The maximum absolute atomic E-state index is 13.6. The van der Waals surface area contributed by atoms with Gasteiger partial charge in [0.05, 0.1) is 10.6 Å². The predicted molar refractivity (Wildman–Crippen MR) is 87.7 cm³/mol. The Labute approximate surface area is 145 Å². The highest BCUT2D eigenvalue weighted by Gasteiger charge is 2.14. The summed E-state index contributed by atoms with van der Waals surface area (Å²) >= 11 is 2.95. The SMILES string of the molecule is CS(=O)(=O)c1cccc(OCC(=O)Nc2c(F)cc(F)cc2Br)c1. The summed E-state index contributed by atoms with van der Waals surface area (Å²) < 4.78 is 54.8. The minimum absolute atomic E-state index is 0.0485. The molecule has 24 heavy (non-hydrogen) atoms. The third kappa shape index (κ3) is 4.75. The van der Waals surface area contributed by atoms with E-state index in [-0.39, 0.29) is 20.8 Å². The normalized spacial score (nSPS) is 11.2. The number of benzene rings is 2. The van der Waals surface area contributed by atoms with Crippen LogP contribution in [0.5, 0.6) is 5.75 Å². The van der Waals surface area contributed by atoms with Crippen molar-refractivity contribution in [2.45, 2.75) is 4.90 Å². The van der Waals surface area contributed by atoms with Crippen molar-refractivity contribution in [2.24, 2.45) is 0 Å². The molecule has 0 saturated heterocycles. The van der Waals surface area contributed by atoms with E-state index >= 15 is 0 Å². The molecule has 0 unspecified atom stereocenters. The second-order valence-corrected chi connectivity index (χ2v) is 7.70. The molecule has 2 aromatic carbocycles. The molecule has 0 aliphatic rings. The van der Waals surface area contributed by atoms with Gasteiger partial charge in [-0.2, -0.15) is 0 Å². The molecule has 9 heteroatoms. The van der Waals surface area contributed by atoms with E-state index < -0.39 is 34.0 Å². The molecular weight excluding hydrogens is 408 g/mol. The fraction of sp³-hybridized carbons (Fsp3) is 0.133. The topological polar surface area (TPSA) is 72.5 Å². The van der Waals surface area contributed by atoms with E-state index in [1.807, 2.05) is 0 Å². The molecular formula is C15H12BrF2NO4S. The van der Waals surface area contributed by atoms with Gasteiger partial charge in [0, 0.05) is 16.8 Å². The van der Waals surface area contributed by atoms with Gasteiger partial charge in [-0.05, 0) is 40.2 Å². The molecule has 0 aromatic heterocycles. The molecule has 0 aliphatic carbocycles. The molecule has 0 spiro atoms. The van der Waals surface area contributed by atoms with Crippen molar-refractivity contribution in [3.8, 4) is 5.75 Å². The van der Waals surface area contributed by atoms with E-state index in [9.17, 15) is 22.0 Å². The van der Waals surface area contributed by atoms with Gasteiger partial charge in [-0.1, -0.05) is 6.07 Å². The number of nitrogens with one attached hydrogen (secondary N) is 1. The van der Waals surface area contributed by atoms with Gasteiger partial charge in [0.25, 0.3) is 5.91 Å². The highest BCUT2D eigenvalue weighted by Crippen LogP contribution is 2.26. The van der Waals surface area contributed by atoms with Crippen LogP contribution in [0.25, 0.3) is 0 Å². The number of rotatable bonds is 5. The van der Waals surface area contributed by atoms with Crippen molar-refractivity contribution < 1.29 is 26.7 Å². The summed E-state index contributed by atoms with van der Waals surface area (Å²) in [6.45, 7) is -0.476. The lowest BCUT2D eigenvalue weighted by Crippen LogP contribution is -2.21. The Balaban J connectivity index is 2.05. The summed E-state index contributed by atoms with van der Waals surface area (Å²) in [5.74, 6) is -2.24. The van der Waals surface area contributed by atoms with Crippen LogP contribution in [-0.4, -0.2) is 27.2 Å². The summed E-state index contributed by atoms with van der Waals surface area (Å²) in [4.78, 5) is 11.9. The fourth-order valence-corrected chi connectivity index (χ4v) is 2.94. The van der Waals surface area contributed by atoms with Crippen molar-refractivity contribution in [1.82, 2.24) is 0 Å². The van der Waals surface area contributed by atoms with Crippen LogP contribution in [0.1, 0.15) is 0 Å². The maximum atomic E-state index is 13.6. The Hall–Kier alpha value is -2.00. The van der Waals surface area contributed by atoms with Gasteiger partial charge in [-0.25, -0.2) is 17.2 Å². The largest absolute Gasteiger partial charge is 0.484 e. The van der Waals surface area contributed by atoms with Crippen molar-refractivity contribution in [2.75, 3.05) is 18.2 Å². The molecule has 1 amide bonds. The molecule has 0 bridgehead atoms. The van der Waals surface area contributed by atoms with Crippen LogP contribution >= 0.6 is 15.9 Å². The van der Waals surface area contributed by atoms with Gasteiger partial charge in [-0.3, -0.25) is 4.79 Å². The summed E-state index contributed by atoms with van der Waals surface area (Å²) in [6, 6.07) is 7.27. The van der Waals surface area contributed by atoms with Crippen LogP contribution < -0.4 is 10.1 Å². The van der Waals surface area contributed by atoms with Gasteiger partial charge < -0.3 is 10.1 Å². The summed E-state index contributed by atoms with van der Waals surface area (Å²) in [7, 11) is -3.40. The molecule has 0 heterocycles. The zero-order valence-electron chi connectivity index (χ0n) is 12.3. The lowest BCUT2D eigenvalue weighted by molar-refractivity contribution is -0.118. The first-order valence-electron chi connectivity index (χ1n) is 6.54. The van der Waals surface area contributed by atoms with Crippen molar-refractivity contribution in [1.29, 1.82) is 0 Å². The van der Waals surface area contributed by atoms with Gasteiger partial charge in [-0.15, -0.1) is 0 Å². The zero-order valence-corrected chi connectivity index (χ0v) is 14.7. The number of amides is 1. The van der Waals surface area contributed by atoms with Crippen LogP contribution in [0.4, 0.5) is 14.5 Å². The molecule has 0 radical (unpaired) electrons. The third-order valence-corrected chi connectivity index (χ3v) is 4.61. The Morgan fingerprint density at radius 1 is 1.25 bits per heavy atom. The minimum Gasteiger partial charge on any atom is -0.484 e. The van der Waals surface area contributed by atoms with Crippen LogP contribution in [-0.2, 0) is 14.6 Å². The van der Waals surface area contributed by atoms with Crippen LogP contribution in [0.2, 0.25) is 0 Å². The molecule has 2 rings (SSSR count). The highest BCUT2D eigenvalue weighted by atomic mass is 79.9. The minimum atomic E-state index is -3.40. The van der Waals surface area contributed by atoms with Gasteiger partial charge in [0.1, 0.15) is 11.6 Å². The number of halogens is 3. The van der Waals surface area contributed by atoms with Crippen LogP contribution in [0.3, 0.4) is 0 Å². The van der Waals surface area contributed by atoms with Crippen molar-refractivity contribution in [3.63, 3.8) is 0 Å². The number of hydrogen-bond donors (Lipinski definition) is 1. The summed E-state index contributed by atoms with van der Waals surface area (Å²) in [5, 5.41) is 2.25. The molecule has 0 saturated carbocycles. The van der Waals surface area contributed by atoms with Crippen LogP contribution in [0.15, 0.2) is 45.8 Å². The molecule has 0 aliphatic heterocycles. The molecule has 0 fully saturated rings. The Morgan fingerprint density at radius 2 is 1.96 bits per heavy atom. The first kappa shape index (κ1) is 18.3. The zero-order chi connectivity index (χ0) is 17.9. The average Bonchev–Trinajstić information content (AvgIpc) is 2.48. The average molecular weight is 420 g/mol. The van der Waals surface area contributed by atoms with E-state index in [4.69, 9.17) is 4.74 Å². The first-order valence-corrected chi connectivity index (χ1v) is 9.22. The Morgan fingerprint density at radius 3 is 2.58 bits per heavy atom. The van der Waals surface area contributed by atoms with E-state index in [1.165, 1.54) is 24.3 Å². The number of hydrogen-bond acceptors (Lipinski definition) is 4. The van der Waals surface area contributed by atoms with Gasteiger partial charge >= 0.3 is 0 Å². The van der Waals surface area contributed by atoms with Gasteiger partial charge in [0.15, 0.2) is 22.3 Å². The summed E-state index contributed by atoms with van der Waals surface area (Å²) in [5.41, 5.74) is -0.213. The molecule has 5 nitrogen and oxygen atoms in total. The van der Waals surface area contributed by atoms with Gasteiger partial charge in [0.2, 0.25) is 0 Å². The quantitative estimate of drug-likeness (QED) is 0.807. The summed E-state index contributed by atoms with van der Waals surface area (Å²) in [6.07, 6.45) is 1.05. The lowest BCUT2D eigenvalue weighted by atomic mass is 10.3. The molecule has 1 N–H and O–H groups in total. The smallest absolute Gasteiger partial charge is 0.262 e. The second-order valence-electron chi connectivity index (χ2n) is 4.83. The third-order valence-electron chi connectivity index (χ3n) is 2.87. The standard InChI is InChI=1S/C15H12BrF2NO4S/c1-24(21,22)11-4-2-3-10(7-11)23-8-14(20)19-15-12(16)5-9(17)6-13(15)18/h2-7H,8H2,1H3,(H,19,20). The fourth-order valence-electron chi connectivity index (χ4n) is 1.78. The number of anilines is 1. The Bertz CT molecular complexity index is 864. The van der Waals surface area contributed by atoms with Crippen molar-refractivity contribution in [3.05, 3.63) is 52.5 Å². The highest BCUT2D eigenvalue weighted by molar-refractivity contribution is 9.10. The number of carbonyl (C=O) groups is 1. The molecule has 128 valence electrons. The van der Waals surface area contributed by atoms with Crippen molar-refractivity contribution >= 4 is 37.4 Å². The van der Waals surface area contributed by atoms with E-state index in [1.54, 1.807) is 0 Å². The maximum Gasteiger partial charge on any atom is 0.262 e. The van der Waals surface area contributed by atoms with E-state index in [0.29, 0.717) is 6.07 Å².